The molecule has 2 heterocycles. The summed E-state index contributed by atoms with van der Waals surface area (Å²) in [6, 6.07) is 1.84. The van der Waals surface area contributed by atoms with E-state index in [4.69, 9.17) is 4.74 Å². The van der Waals surface area contributed by atoms with Gasteiger partial charge < -0.3 is 10.1 Å². The molecule has 7 nitrogen and oxygen atoms in total. The van der Waals surface area contributed by atoms with Crippen molar-refractivity contribution < 1.29 is 9.53 Å². The lowest BCUT2D eigenvalue weighted by molar-refractivity contribution is 0.0276. The Labute approximate surface area is 124 Å². The van der Waals surface area contributed by atoms with Crippen molar-refractivity contribution in [3.63, 3.8) is 0 Å². The lowest BCUT2D eigenvalue weighted by Gasteiger charge is -2.29. The Morgan fingerprint density at radius 1 is 1.48 bits per heavy atom. The Bertz CT molecular complexity index is 510. The molecule has 0 aliphatic carbocycles. The summed E-state index contributed by atoms with van der Waals surface area (Å²) in [4.78, 5) is 26.1. The van der Waals surface area contributed by atoms with E-state index in [1.807, 2.05) is 26.8 Å². The molecule has 1 aromatic heterocycles. The SMILES string of the molecule is CC(C)(C)OC(=O)N1CCN=C(NCc2ccncn2)C1. The van der Waals surface area contributed by atoms with E-state index in [0.29, 0.717) is 26.2 Å². The summed E-state index contributed by atoms with van der Waals surface area (Å²) in [5.41, 5.74) is 0.391. The summed E-state index contributed by atoms with van der Waals surface area (Å²) in [6.45, 7) is 7.72. The summed E-state index contributed by atoms with van der Waals surface area (Å²) in [7, 11) is 0. The van der Waals surface area contributed by atoms with Gasteiger partial charge in [0.1, 0.15) is 17.8 Å². The molecule has 0 aromatic carbocycles. The molecule has 1 aliphatic heterocycles. The first kappa shape index (κ1) is 15.2. The van der Waals surface area contributed by atoms with E-state index in [0.717, 1.165) is 11.5 Å². The zero-order chi connectivity index (χ0) is 15.3. The minimum atomic E-state index is -0.486. The van der Waals surface area contributed by atoms with Gasteiger partial charge in [-0.15, -0.1) is 0 Å². The Morgan fingerprint density at radius 2 is 2.29 bits per heavy atom. The van der Waals surface area contributed by atoms with Crippen LogP contribution >= 0.6 is 0 Å². The van der Waals surface area contributed by atoms with E-state index in [1.165, 1.54) is 6.33 Å². The maximum absolute atomic E-state index is 12.0. The maximum atomic E-state index is 12.0. The molecule has 0 fully saturated rings. The van der Waals surface area contributed by atoms with E-state index in [-0.39, 0.29) is 6.09 Å². The van der Waals surface area contributed by atoms with Crippen LogP contribution in [0.5, 0.6) is 0 Å². The fourth-order valence-electron chi connectivity index (χ4n) is 1.82. The van der Waals surface area contributed by atoms with Crippen LogP contribution in [0.15, 0.2) is 23.6 Å². The van der Waals surface area contributed by atoms with Crippen LogP contribution in [0, 0.1) is 0 Å². The van der Waals surface area contributed by atoms with Crippen molar-refractivity contribution in [1.82, 2.24) is 20.2 Å². The zero-order valence-electron chi connectivity index (χ0n) is 12.7. The number of carbonyl (C=O) groups excluding carboxylic acids is 1. The highest BCUT2D eigenvalue weighted by atomic mass is 16.6. The lowest BCUT2D eigenvalue weighted by atomic mass is 10.2. The Kier molecular flexibility index (Phi) is 4.72. The van der Waals surface area contributed by atoms with Crippen molar-refractivity contribution in [3.8, 4) is 0 Å². The third-order valence-electron chi connectivity index (χ3n) is 2.78. The van der Waals surface area contributed by atoms with Crippen LogP contribution in [0.4, 0.5) is 4.79 Å². The summed E-state index contributed by atoms with van der Waals surface area (Å²) in [5.74, 6) is 0.769. The molecule has 0 saturated carbocycles. The fraction of sp³-hybridized carbons (Fsp3) is 0.571. The average molecular weight is 291 g/mol. The van der Waals surface area contributed by atoms with Gasteiger partial charge in [-0.1, -0.05) is 0 Å². The van der Waals surface area contributed by atoms with Gasteiger partial charge in [0.25, 0.3) is 0 Å². The van der Waals surface area contributed by atoms with Gasteiger partial charge in [0.15, 0.2) is 0 Å². The average Bonchev–Trinajstić information content (AvgIpc) is 2.45. The highest BCUT2D eigenvalue weighted by molar-refractivity contribution is 5.87. The fourth-order valence-corrected chi connectivity index (χ4v) is 1.82. The van der Waals surface area contributed by atoms with Gasteiger partial charge in [-0.2, -0.15) is 0 Å². The first-order valence-electron chi connectivity index (χ1n) is 6.94. The van der Waals surface area contributed by atoms with Crippen LogP contribution in [-0.4, -0.2) is 52.0 Å². The van der Waals surface area contributed by atoms with Gasteiger partial charge in [0, 0.05) is 12.7 Å². The molecule has 114 valence electrons. The van der Waals surface area contributed by atoms with Gasteiger partial charge in [-0.3, -0.25) is 9.89 Å². The topological polar surface area (TPSA) is 79.7 Å². The third kappa shape index (κ3) is 5.02. The number of hydrogen-bond donors (Lipinski definition) is 1. The van der Waals surface area contributed by atoms with Crippen molar-refractivity contribution in [2.24, 2.45) is 4.99 Å². The standard InChI is InChI=1S/C14H21N5O2/c1-14(2,3)21-13(20)19-7-6-16-12(9-19)17-8-11-4-5-15-10-18-11/h4-5,10H,6-9H2,1-3H3,(H,16,17). The predicted octanol–water partition coefficient (Wildman–Crippen LogP) is 1.22. The number of ether oxygens (including phenoxy) is 1. The molecule has 1 aromatic rings. The quantitative estimate of drug-likeness (QED) is 0.886. The molecule has 7 heteroatoms. The number of aliphatic imine (C=N–C) groups is 1. The van der Waals surface area contributed by atoms with Gasteiger partial charge in [-0.25, -0.2) is 14.8 Å². The molecule has 1 aliphatic rings. The van der Waals surface area contributed by atoms with Gasteiger partial charge in [0.2, 0.25) is 0 Å². The van der Waals surface area contributed by atoms with Gasteiger partial charge >= 0.3 is 6.09 Å². The Balaban J connectivity index is 1.86. The molecule has 2 rings (SSSR count). The summed E-state index contributed by atoms with van der Waals surface area (Å²) >= 11 is 0. The second-order valence-electron chi connectivity index (χ2n) is 5.78. The normalized spacial score (nSPS) is 15.4. The van der Waals surface area contributed by atoms with Crippen molar-refractivity contribution in [2.75, 3.05) is 19.6 Å². The van der Waals surface area contributed by atoms with Gasteiger partial charge in [0.05, 0.1) is 25.3 Å². The first-order chi connectivity index (χ1) is 9.94. The molecule has 0 bridgehead atoms. The molecular formula is C14H21N5O2. The number of nitrogens with one attached hydrogen (secondary N) is 1. The van der Waals surface area contributed by atoms with Gasteiger partial charge in [-0.05, 0) is 26.8 Å². The summed E-state index contributed by atoms with van der Waals surface area (Å²) in [6.07, 6.45) is 2.89. The zero-order valence-corrected chi connectivity index (χ0v) is 12.7. The van der Waals surface area contributed by atoms with E-state index in [2.05, 4.69) is 20.3 Å². The van der Waals surface area contributed by atoms with E-state index in [9.17, 15) is 4.79 Å². The van der Waals surface area contributed by atoms with Crippen LogP contribution in [-0.2, 0) is 11.3 Å². The molecule has 21 heavy (non-hydrogen) atoms. The summed E-state index contributed by atoms with van der Waals surface area (Å²) in [5, 5.41) is 3.20. The molecule has 0 radical (unpaired) electrons. The van der Waals surface area contributed by atoms with Crippen molar-refractivity contribution in [2.45, 2.75) is 32.9 Å². The number of amides is 1. The Morgan fingerprint density at radius 3 is 2.95 bits per heavy atom. The molecule has 1 N–H and O–H groups in total. The van der Waals surface area contributed by atoms with Crippen molar-refractivity contribution in [3.05, 3.63) is 24.3 Å². The Hall–Kier alpha value is -2.18. The molecule has 0 unspecified atom stereocenters. The van der Waals surface area contributed by atoms with Crippen LogP contribution in [0.25, 0.3) is 0 Å². The molecule has 0 atom stereocenters. The second-order valence-corrected chi connectivity index (χ2v) is 5.78. The number of carbonyl (C=O) groups is 1. The number of amidine groups is 1. The number of rotatable bonds is 2. The van der Waals surface area contributed by atoms with Crippen molar-refractivity contribution >= 4 is 11.9 Å². The molecule has 0 spiro atoms. The molecule has 1 amide bonds. The molecular weight excluding hydrogens is 270 g/mol. The van der Waals surface area contributed by atoms with Crippen LogP contribution in [0.3, 0.4) is 0 Å². The number of nitrogens with zero attached hydrogens (tertiary/aromatic N) is 4. The van der Waals surface area contributed by atoms with E-state index >= 15 is 0 Å². The second kappa shape index (κ2) is 6.51. The minimum Gasteiger partial charge on any atom is -0.444 e. The highest BCUT2D eigenvalue weighted by Crippen LogP contribution is 2.11. The van der Waals surface area contributed by atoms with Crippen LogP contribution in [0.1, 0.15) is 26.5 Å². The molecule has 0 saturated heterocycles. The first-order valence-corrected chi connectivity index (χ1v) is 6.94. The number of hydrogen-bond acceptors (Lipinski definition) is 6. The smallest absolute Gasteiger partial charge is 0.410 e. The van der Waals surface area contributed by atoms with Crippen LogP contribution < -0.4 is 5.32 Å². The summed E-state index contributed by atoms with van der Waals surface area (Å²) < 4.78 is 5.37. The highest BCUT2D eigenvalue weighted by Gasteiger charge is 2.24. The monoisotopic (exact) mass is 291 g/mol. The minimum absolute atomic E-state index is 0.307. The third-order valence-corrected chi connectivity index (χ3v) is 2.78. The van der Waals surface area contributed by atoms with E-state index < -0.39 is 5.60 Å². The number of aromatic nitrogens is 2. The van der Waals surface area contributed by atoms with Crippen LogP contribution in [0.2, 0.25) is 0 Å². The maximum Gasteiger partial charge on any atom is 0.410 e. The largest absolute Gasteiger partial charge is 0.444 e. The lowest BCUT2D eigenvalue weighted by Crippen LogP contribution is -2.47. The van der Waals surface area contributed by atoms with Crippen molar-refractivity contribution in [1.29, 1.82) is 0 Å². The predicted molar refractivity (Wildman–Crippen MR) is 79.0 cm³/mol. The van der Waals surface area contributed by atoms with E-state index in [1.54, 1.807) is 11.1 Å².